The molecule has 1 aliphatic heterocycles. The number of aryl methyl sites for hydroxylation is 1. The lowest BCUT2D eigenvalue weighted by Crippen LogP contribution is -2.25. The molecule has 0 saturated carbocycles. The van der Waals surface area contributed by atoms with Crippen LogP contribution in [0.25, 0.3) is 0 Å². The molecule has 4 rings (SSSR count). The van der Waals surface area contributed by atoms with Gasteiger partial charge in [0.25, 0.3) is 5.95 Å². The molecule has 0 bridgehead atoms. The molecule has 1 aliphatic rings. The lowest BCUT2D eigenvalue weighted by Gasteiger charge is -2.27. The van der Waals surface area contributed by atoms with E-state index in [2.05, 4.69) is 20.7 Å². The number of hydrogen-bond acceptors (Lipinski definition) is 6. The van der Waals surface area contributed by atoms with Crippen molar-refractivity contribution in [2.75, 3.05) is 12.4 Å². The van der Waals surface area contributed by atoms with E-state index in [9.17, 15) is 4.79 Å². The van der Waals surface area contributed by atoms with Crippen LogP contribution in [-0.4, -0.2) is 33.2 Å². The van der Waals surface area contributed by atoms with Gasteiger partial charge in [-0.3, -0.25) is 10.1 Å². The van der Waals surface area contributed by atoms with Gasteiger partial charge in [0.15, 0.2) is 0 Å². The Labute approximate surface area is 149 Å². The summed E-state index contributed by atoms with van der Waals surface area (Å²) >= 11 is 0. The van der Waals surface area contributed by atoms with Crippen molar-refractivity contribution in [3.8, 4) is 17.2 Å². The van der Waals surface area contributed by atoms with E-state index in [-0.39, 0.29) is 11.9 Å². The number of hydrogen-bond donors (Lipinski definition) is 1. The number of nitrogens with zero attached hydrogens (tertiary/aromatic N) is 4. The molecular weight excluding hydrogens is 334 g/mol. The summed E-state index contributed by atoms with van der Waals surface area (Å²) < 4.78 is 11.3. The molecule has 8 nitrogen and oxygen atoms in total. The number of ether oxygens (including phenoxy) is 2. The topological polar surface area (TPSA) is 91.2 Å². The molecule has 1 atom stereocenters. The number of tetrazole rings is 1. The van der Waals surface area contributed by atoms with Crippen molar-refractivity contribution in [1.29, 1.82) is 0 Å². The number of carbonyl (C=O) groups excluding carboxylic acids is 1. The molecule has 8 heteroatoms. The lowest BCUT2D eigenvalue weighted by atomic mass is 9.87. The molecule has 1 unspecified atom stereocenters. The van der Waals surface area contributed by atoms with Gasteiger partial charge < -0.3 is 9.47 Å². The zero-order valence-corrected chi connectivity index (χ0v) is 14.3. The van der Waals surface area contributed by atoms with Crippen molar-refractivity contribution in [2.45, 2.75) is 19.4 Å². The summed E-state index contributed by atoms with van der Waals surface area (Å²) in [6, 6.07) is 12.9. The molecule has 0 aliphatic carbocycles. The van der Waals surface area contributed by atoms with Crippen LogP contribution in [-0.2, 0) is 11.3 Å². The summed E-state index contributed by atoms with van der Waals surface area (Å²) in [4.78, 5) is 14.5. The van der Waals surface area contributed by atoms with E-state index in [1.54, 1.807) is 19.2 Å². The Kier molecular flexibility index (Phi) is 4.00. The quantitative estimate of drug-likeness (QED) is 0.777. The standard InChI is InChI=1S/C18H17N5O3/c1-3-23-21-18(20-22-23)19-17(24)16-12-6-4-5-7-14(12)26-15-9-8-11(25-2)10-13(15)16/h4-10,16H,3H2,1-2H3,(H,19,21,24). The van der Waals surface area contributed by atoms with Crippen molar-refractivity contribution >= 4 is 11.9 Å². The molecule has 3 aromatic rings. The van der Waals surface area contributed by atoms with Gasteiger partial charge in [0.2, 0.25) is 5.91 Å². The molecular formula is C18H17N5O3. The third kappa shape index (κ3) is 2.75. The van der Waals surface area contributed by atoms with Gasteiger partial charge in [-0.15, -0.1) is 5.10 Å². The van der Waals surface area contributed by atoms with Crippen LogP contribution in [0.3, 0.4) is 0 Å². The van der Waals surface area contributed by atoms with E-state index < -0.39 is 5.92 Å². The average molecular weight is 351 g/mol. The number of fused-ring (bicyclic) bond motifs is 2. The van der Waals surface area contributed by atoms with Crippen LogP contribution in [0.2, 0.25) is 0 Å². The van der Waals surface area contributed by atoms with Gasteiger partial charge in [-0.1, -0.05) is 23.3 Å². The normalized spacial score (nSPS) is 14.8. The molecule has 26 heavy (non-hydrogen) atoms. The first-order valence-electron chi connectivity index (χ1n) is 8.23. The van der Waals surface area contributed by atoms with Gasteiger partial charge in [-0.2, -0.15) is 4.80 Å². The van der Waals surface area contributed by atoms with E-state index in [1.807, 2.05) is 37.3 Å². The largest absolute Gasteiger partial charge is 0.497 e. The van der Waals surface area contributed by atoms with Gasteiger partial charge in [0.1, 0.15) is 17.2 Å². The molecule has 0 radical (unpaired) electrons. The number of anilines is 1. The van der Waals surface area contributed by atoms with E-state index in [4.69, 9.17) is 9.47 Å². The van der Waals surface area contributed by atoms with Crippen LogP contribution in [0.15, 0.2) is 42.5 Å². The second-order valence-corrected chi connectivity index (χ2v) is 5.77. The summed E-state index contributed by atoms with van der Waals surface area (Å²) in [5.74, 6) is 1.26. The first kappa shape index (κ1) is 16.1. The van der Waals surface area contributed by atoms with E-state index in [0.717, 1.165) is 11.1 Å². The fraction of sp³-hybridized carbons (Fsp3) is 0.222. The van der Waals surface area contributed by atoms with Crippen molar-refractivity contribution < 1.29 is 14.3 Å². The number of amides is 1. The second-order valence-electron chi connectivity index (χ2n) is 5.77. The van der Waals surface area contributed by atoms with Crippen LogP contribution < -0.4 is 14.8 Å². The molecule has 1 aromatic heterocycles. The SMILES string of the molecule is CCn1nnc(NC(=O)C2c3ccccc3Oc3ccc(OC)cc32)n1. The number of methoxy groups -OCH3 is 1. The number of carbonyl (C=O) groups is 1. The van der Waals surface area contributed by atoms with Gasteiger partial charge in [-0.25, -0.2) is 0 Å². The van der Waals surface area contributed by atoms with Gasteiger partial charge in [0, 0.05) is 11.1 Å². The zero-order chi connectivity index (χ0) is 18.1. The van der Waals surface area contributed by atoms with Gasteiger partial charge in [0.05, 0.1) is 19.6 Å². The van der Waals surface area contributed by atoms with Crippen molar-refractivity contribution in [3.63, 3.8) is 0 Å². The minimum absolute atomic E-state index is 0.172. The first-order chi connectivity index (χ1) is 12.7. The van der Waals surface area contributed by atoms with Crippen molar-refractivity contribution in [3.05, 3.63) is 53.6 Å². The molecule has 0 saturated heterocycles. The van der Waals surface area contributed by atoms with Gasteiger partial charge >= 0.3 is 0 Å². The highest BCUT2D eigenvalue weighted by Crippen LogP contribution is 2.45. The monoisotopic (exact) mass is 351 g/mol. The predicted octanol–water partition coefficient (Wildman–Crippen LogP) is 2.58. The van der Waals surface area contributed by atoms with Crippen LogP contribution in [0, 0.1) is 0 Å². The summed E-state index contributed by atoms with van der Waals surface area (Å²) in [6.45, 7) is 2.47. The molecule has 2 aromatic carbocycles. The van der Waals surface area contributed by atoms with Crippen LogP contribution >= 0.6 is 0 Å². The Bertz CT molecular complexity index is 969. The summed E-state index contributed by atoms with van der Waals surface area (Å²) in [5, 5.41) is 14.6. The maximum Gasteiger partial charge on any atom is 0.270 e. The smallest absolute Gasteiger partial charge is 0.270 e. The number of benzene rings is 2. The van der Waals surface area contributed by atoms with Crippen LogP contribution in [0.5, 0.6) is 17.2 Å². The Hall–Kier alpha value is -3.42. The highest BCUT2D eigenvalue weighted by molar-refractivity contribution is 5.98. The maximum atomic E-state index is 13.1. The maximum absolute atomic E-state index is 13.1. The van der Waals surface area contributed by atoms with Crippen molar-refractivity contribution in [1.82, 2.24) is 20.2 Å². The Morgan fingerprint density at radius 1 is 1.23 bits per heavy atom. The second kappa shape index (κ2) is 6.47. The van der Waals surface area contributed by atoms with E-state index >= 15 is 0 Å². The Morgan fingerprint density at radius 2 is 2.04 bits per heavy atom. The fourth-order valence-electron chi connectivity index (χ4n) is 2.96. The summed E-state index contributed by atoms with van der Waals surface area (Å²) in [7, 11) is 1.58. The number of para-hydroxylation sites is 1. The summed E-state index contributed by atoms with van der Waals surface area (Å²) in [6.07, 6.45) is 0. The van der Waals surface area contributed by atoms with E-state index in [1.165, 1.54) is 4.80 Å². The minimum atomic E-state index is -0.571. The number of nitrogens with one attached hydrogen (secondary N) is 1. The molecule has 0 fully saturated rings. The molecule has 132 valence electrons. The minimum Gasteiger partial charge on any atom is -0.497 e. The van der Waals surface area contributed by atoms with Crippen molar-refractivity contribution in [2.24, 2.45) is 0 Å². The predicted molar refractivity (Wildman–Crippen MR) is 93.5 cm³/mol. The number of aromatic nitrogens is 4. The van der Waals surface area contributed by atoms with Gasteiger partial charge in [-0.05, 0) is 36.4 Å². The molecule has 1 N–H and O–H groups in total. The third-order valence-corrected chi connectivity index (χ3v) is 4.21. The van der Waals surface area contributed by atoms with Crippen LogP contribution in [0.4, 0.5) is 5.95 Å². The summed E-state index contributed by atoms with van der Waals surface area (Å²) in [5.41, 5.74) is 1.50. The highest BCUT2D eigenvalue weighted by atomic mass is 16.5. The molecule has 1 amide bonds. The average Bonchev–Trinajstić information content (AvgIpc) is 3.13. The number of rotatable bonds is 4. The lowest BCUT2D eigenvalue weighted by molar-refractivity contribution is -0.116. The molecule has 0 spiro atoms. The van der Waals surface area contributed by atoms with E-state index in [0.29, 0.717) is 23.8 Å². The van der Waals surface area contributed by atoms with Crippen LogP contribution in [0.1, 0.15) is 24.0 Å². The Balaban J connectivity index is 1.75. The highest BCUT2D eigenvalue weighted by Gasteiger charge is 2.33. The Morgan fingerprint density at radius 3 is 2.81 bits per heavy atom. The fourth-order valence-corrected chi connectivity index (χ4v) is 2.96. The third-order valence-electron chi connectivity index (χ3n) is 4.21. The molecule has 2 heterocycles. The zero-order valence-electron chi connectivity index (χ0n) is 14.3. The first-order valence-corrected chi connectivity index (χ1v) is 8.23.